The van der Waals surface area contributed by atoms with Crippen molar-refractivity contribution in [2.24, 2.45) is 5.41 Å². The number of carbonyl (C=O) groups excluding carboxylic acids is 1. The lowest BCUT2D eigenvalue weighted by Crippen LogP contribution is -3.00. The van der Waals surface area contributed by atoms with Gasteiger partial charge in [0.1, 0.15) is 19.8 Å². The van der Waals surface area contributed by atoms with Crippen LogP contribution in [0.5, 0.6) is 0 Å². The molecule has 0 heterocycles. The number of phosphoric ester groups is 1. The highest BCUT2D eigenvalue weighted by atomic mass is 79.9. The average molecular weight is 871 g/mol. The second-order valence-corrected chi connectivity index (χ2v) is 19.2. The van der Waals surface area contributed by atoms with Crippen LogP contribution in [0.3, 0.4) is 0 Å². The molecule has 9 heteroatoms. The fourth-order valence-electron chi connectivity index (χ4n) is 6.92. The summed E-state index contributed by atoms with van der Waals surface area (Å²) in [5.74, 6) is -0.478. The molecule has 1 atom stereocenters. The fraction of sp³-hybridized carbons (Fsp3) is 0.766. The Morgan fingerprint density at radius 3 is 1.73 bits per heavy atom. The number of unbranched alkanes of at least 4 members (excludes halogenated alkanes) is 17. The van der Waals surface area contributed by atoms with Gasteiger partial charge in [-0.05, 0) is 63.0 Å². The molecule has 0 spiro atoms. The van der Waals surface area contributed by atoms with Crippen LogP contribution in [-0.2, 0) is 27.7 Å². The molecule has 7 nitrogen and oxygen atoms in total. The Morgan fingerprint density at radius 1 is 0.714 bits per heavy atom. The maximum absolute atomic E-state index is 13.4. The lowest BCUT2D eigenvalue weighted by Gasteiger charge is -2.32. The van der Waals surface area contributed by atoms with Crippen molar-refractivity contribution in [1.29, 1.82) is 0 Å². The third-order valence-corrected chi connectivity index (χ3v) is 12.0. The van der Waals surface area contributed by atoms with E-state index < -0.39 is 13.8 Å². The van der Waals surface area contributed by atoms with E-state index in [4.69, 9.17) is 18.3 Å². The molecule has 0 aromatic rings. The topological polar surface area (TPSA) is 71.1 Å². The van der Waals surface area contributed by atoms with Gasteiger partial charge in [-0.3, -0.25) is 13.6 Å². The molecule has 0 saturated carbocycles. The molecule has 0 N–H and O–H groups in total. The smallest absolute Gasteiger partial charge is 0.475 e. The number of hydrogen-bond donors (Lipinski definition) is 0. The summed E-state index contributed by atoms with van der Waals surface area (Å²) in [6.07, 6.45) is 38.9. The molecular formula is C47H85BrNO6P. The predicted molar refractivity (Wildman–Crippen MR) is 234 cm³/mol. The molecule has 0 fully saturated rings. The van der Waals surface area contributed by atoms with Crippen LogP contribution < -0.4 is 17.0 Å². The number of hydrogen-bond acceptors (Lipinski definition) is 6. The first-order valence-electron chi connectivity index (χ1n) is 22.1. The zero-order chi connectivity index (χ0) is 40.8. The molecule has 0 aliphatic heterocycles. The van der Waals surface area contributed by atoms with Gasteiger partial charge < -0.3 is 26.2 Å². The van der Waals surface area contributed by atoms with Crippen molar-refractivity contribution in [3.8, 4) is 0 Å². The number of phosphoric acid groups is 1. The second kappa shape index (κ2) is 32.6. The van der Waals surface area contributed by atoms with Crippen molar-refractivity contribution in [2.75, 3.05) is 54.1 Å². The summed E-state index contributed by atoms with van der Waals surface area (Å²) in [6, 6.07) is 0. The molecule has 0 aromatic carbocycles. The van der Waals surface area contributed by atoms with Crippen LogP contribution in [0.2, 0.25) is 0 Å². The van der Waals surface area contributed by atoms with Crippen molar-refractivity contribution < 1.29 is 49.1 Å². The molecule has 56 heavy (non-hydrogen) atoms. The Kier molecular flexibility index (Phi) is 31.8. The van der Waals surface area contributed by atoms with Gasteiger partial charge in [-0.15, -0.1) is 0 Å². The number of halogens is 1. The Bertz CT molecular complexity index is 1250. The van der Waals surface area contributed by atoms with Crippen LogP contribution >= 0.6 is 7.82 Å². The largest absolute Gasteiger partial charge is 1.00 e. The number of nitrogens with zero attached hydrogens (tertiary/aromatic N) is 1. The van der Waals surface area contributed by atoms with Crippen molar-refractivity contribution in [1.82, 2.24) is 0 Å². The Balaban J connectivity index is 0.0000302. The number of carbonyl (C=O) groups is 1. The van der Waals surface area contributed by atoms with Crippen LogP contribution in [0.1, 0.15) is 176 Å². The number of allylic oxidation sites excluding steroid dienone is 9. The zero-order valence-electron chi connectivity index (χ0n) is 37.6. The summed E-state index contributed by atoms with van der Waals surface area (Å²) in [4.78, 5) is 12.4. The maximum Gasteiger partial charge on any atom is 0.475 e. The third kappa shape index (κ3) is 29.9. The predicted octanol–water partition coefficient (Wildman–Crippen LogP) is 11.0. The van der Waals surface area contributed by atoms with Gasteiger partial charge in [0.15, 0.2) is 0 Å². The first-order chi connectivity index (χ1) is 26.2. The maximum atomic E-state index is 13.4. The zero-order valence-corrected chi connectivity index (χ0v) is 40.1. The van der Waals surface area contributed by atoms with Gasteiger partial charge in [0.25, 0.3) is 0 Å². The van der Waals surface area contributed by atoms with E-state index in [2.05, 4.69) is 46.8 Å². The Morgan fingerprint density at radius 2 is 1.21 bits per heavy atom. The number of ether oxygens (including phenoxy) is 1. The first-order valence-corrected chi connectivity index (χ1v) is 23.6. The van der Waals surface area contributed by atoms with Crippen LogP contribution in [0, 0.1) is 5.41 Å². The fourth-order valence-corrected chi connectivity index (χ4v) is 8.10. The van der Waals surface area contributed by atoms with Gasteiger partial charge in [0.2, 0.25) is 0 Å². The molecule has 1 aliphatic rings. The van der Waals surface area contributed by atoms with Gasteiger partial charge in [-0.1, -0.05) is 171 Å². The summed E-state index contributed by atoms with van der Waals surface area (Å²) in [5, 5.41) is 0. The minimum absolute atomic E-state index is 0. The highest BCUT2D eigenvalue weighted by molar-refractivity contribution is 7.48. The monoisotopic (exact) mass is 870 g/mol. The van der Waals surface area contributed by atoms with Gasteiger partial charge >= 0.3 is 13.8 Å². The van der Waals surface area contributed by atoms with E-state index in [1.807, 2.05) is 46.3 Å². The Labute approximate surface area is 356 Å². The molecule has 326 valence electrons. The minimum Gasteiger partial charge on any atom is -1.00 e. The highest BCUT2D eigenvalue weighted by Gasteiger charge is 2.28. The molecule has 1 unspecified atom stereocenters. The molecule has 0 bridgehead atoms. The summed E-state index contributed by atoms with van der Waals surface area (Å²) in [7, 11) is 2.36. The first kappa shape index (κ1) is 54.7. The normalized spacial score (nSPS) is 16.4. The van der Waals surface area contributed by atoms with Crippen LogP contribution in [0.4, 0.5) is 0 Å². The van der Waals surface area contributed by atoms with Gasteiger partial charge in [0, 0.05) is 6.08 Å². The van der Waals surface area contributed by atoms with Gasteiger partial charge in [-0.25, -0.2) is 9.36 Å². The number of rotatable bonds is 33. The van der Waals surface area contributed by atoms with Crippen molar-refractivity contribution in [3.63, 3.8) is 0 Å². The molecule has 0 radical (unpaired) electrons. The van der Waals surface area contributed by atoms with Crippen molar-refractivity contribution >= 4 is 13.8 Å². The van der Waals surface area contributed by atoms with Crippen molar-refractivity contribution in [3.05, 3.63) is 58.7 Å². The summed E-state index contributed by atoms with van der Waals surface area (Å²) in [6.45, 7) is 14.2. The molecule has 1 rings (SSSR count). The average Bonchev–Trinajstić information content (AvgIpc) is 3.10. The molecule has 0 saturated heterocycles. The molecule has 0 amide bonds. The highest BCUT2D eigenvalue weighted by Crippen LogP contribution is 2.49. The van der Waals surface area contributed by atoms with E-state index in [9.17, 15) is 9.36 Å². The van der Waals surface area contributed by atoms with Crippen LogP contribution in [0.25, 0.3) is 0 Å². The van der Waals surface area contributed by atoms with E-state index in [1.165, 1.54) is 133 Å². The lowest BCUT2D eigenvalue weighted by molar-refractivity contribution is -0.870. The van der Waals surface area contributed by atoms with E-state index in [1.54, 1.807) is 0 Å². The lowest BCUT2D eigenvalue weighted by atomic mass is 9.72. The van der Waals surface area contributed by atoms with Crippen LogP contribution in [-0.4, -0.2) is 64.6 Å². The summed E-state index contributed by atoms with van der Waals surface area (Å²) >= 11 is 0. The molecule has 1 aliphatic carbocycles. The van der Waals surface area contributed by atoms with Gasteiger partial charge in [-0.2, -0.15) is 0 Å². The van der Waals surface area contributed by atoms with E-state index in [-0.39, 0.29) is 42.2 Å². The van der Waals surface area contributed by atoms with E-state index in [0.29, 0.717) is 17.6 Å². The van der Waals surface area contributed by atoms with E-state index in [0.717, 1.165) is 30.4 Å². The standard InChI is InChI=1S/C47H85NO6P.BrH/c1-10-11-12-13-14-15-16-17-18-19-20-21-22-23-24-25-26-27-37-52-55(50,53-38-36-48(7,8)9)54-40-39-51-46(49)41-43(3)31-28-30-42(2)33-34-45-44(4)32-29-35-47(45,5)6;/h28,30-31,33-34,41H,10-27,29,32,35-40H2,1-9H3;1H/q+1;/p-1/b31-28+,34-33+,42-30+,43-41+;. The molecule has 0 aromatic heterocycles. The Hall–Kier alpha value is -1.28. The van der Waals surface area contributed by atoms with Gasteiger partial charge in [0.05, 0.1) is 34.4 Å². The summed E-state index contributed by atoms with van der Waals surface area (Å²) in [5.41, 5.74) is 5.05. The number of esters is 1. The van der Waals surface area contributed by atoms with E-state index >= 15 is 0 Å². The molecular weight excluding hydrogens is 785 g/mol. The van der Waals surface area contributed by atoms with Crippen LogP contribution in [0.15, 0.2) is 58.7 Å². The summed E-state index contributed by atoms with van der Waals surface area (Å²) < 4.78 is 36.4. The third-order valence-electron chi connectivity index (χ3n) is 10.5. The minimum atomic E-state index is -3.78. The quantitative estimate of drug-likeness (QED) is 0.0163. The second-order valence-electron chi connectivity index (χ2n) is 17.6. The van der Waals surface area contributed by atoms with Crippen molar-refractivity contribution in [2.45, 2.75) is 176 Å². The number of likely N-dealkylation sites (N-methyl/N-ethyl adjacent to an activating group) is 1. The number of quaternary nitrogens is 1. The SMILES string of the molecule is CCCCCCCCCCCCCCCCCCCCOP(=O)(OCCOC(=O)/C=C(C)/C=C/C=C(C)/C=C/C1=C(C)CCCC1(C)C)OCC[N+](C)(C)C.[Br-].